The summed E-state index contributed by atoms with van der Waals surface area (Å²) in [6, 6.07) is 26.3. The summed E-state index contributed by atoms with van der Waals surface area (Å²) in [6.45, 7) is 0. The van der Waals surface area contributed by atoms with Crippen molar-refractivity contribution in [2.24, 2.45) is 0 Å². The molecule has 0 unspecified atom stereocenters. The van der Waals surface area contributed by atoms with Gasteiger partial charge in [-0.25, -0.2) is 0 Å². The highest BCUT2D eigenvalue weighted by Gasteiger charge is 2.38. The molecule has 24 heavy (non-hydrogen) atoms. The Morgan fingerprint density at radius 3 is 1.58 bits per heavy atom. The van der Waals surface area contributed by atoms with Crippen molar-refractivity contribution >= 4 is 11.6 Å². The van der Waals surface area contributed by atoms with Crippen molar-refractivity contribution in [2.75, 3.05) is 4.90 Å². The Bertz CT molecular complexity index is 1000. The van der Waals surface area contributed by atoms with Crippen LogP contribution in [-0.2, 0) is 0 Å². The monoisotopic (exact) mass is 309 g/mol. The largest absolute Gasteiger partial charge is 0.303 e. The lowest BCUT2D eigenvalue weighted by molar-refractivity contribution is 0.705. The molecule has 2 aliphatic heterocycles. The molecule has 6 rings (SSSR count). The first-order valence-electron chi connectivity index (χ1n) is 8.26. The average molecular weight is 309 g/mol. The van der Waals surface area contributed by atoms with Crippen LogP contribution in [0.1, 0.15) is 17.2 Å². The lowest BCUT2D eigenvalue weighted by Gasteiger charge is -2.43. The first-order valence-corrected chi connectivity index (χ1v) is 8.26. The van der Waals surface area contributed by atoms with Gasteiger partial charge in [-0.3, -0.25) is 0 Å². The molecule has 0 saturated heterocycles. The molecule has 0 spiro atoms. The molecule has 3 heteroatoms. The first-order chi connectivity index (χ1) is 11.9. The molecule has 0 atom stereocenters. The van der Waals surface area contributed by atoms with Crippen LogP contribution in [0, 0.1) is 0 Å². The Balaban J connectivity index is 1.77. The second-order valence-corrected chi connectivity index (χ2v) is 6.36. The van der Waals surface area contributed by atoms with Gasteiger partial charge in [0.25, 0.3) is 0 Å². The van der Waals surface area contributed by atoms with E-state index in [0.717, 1.165) is 0 Å². The van der Waals surface area contributed by atoms with Crippen molar-refractivity contribution in [3.05, 3.63) is 96.3 Å². The summed E-state index contributed by atoms with van der Waals surface area (Å²) < 4.78 is 4.58. The number of rotatable bonds is 0. The normalized spacial score (nSPS) is 14.4. The fourth-order valence-electron chi connectivity index (χ4n) is 4.25. The summed E-state index contributed by atoms with van der Waals surface area (Å²) in [5.74, 6) is 2.43. The average Bonchev–Trinajstić information content (AvgIpc) is 3.31. The van der Waals surface area contributed by atoms with Crippen molar-refractivity contribution in [2.45, 2.75) is 6.04 Å². The van der Waals surface area contributed by atoms with Gasteiger partial charge < -0.3 is 14.0 Å². The zero-order valence-electron chi connectivity index (χ0n) is 13.0. The molecule has 114 valence electrons. The van der Waals surface area contributed by atoms with Crippen molar-refractivity contribution in [1.29, 1.82) is 0 Å². The van der Waals surface area contributed by atoms with Gasteiger partial charge >= 0.3 is 0 Å². The smallest absolute Gasteiger partial charge is 0.119 e. The van der Waals surface area contributed by atoms with E-state index in [1.54, 1.807) is 0 Å². The second-order valence-electron chi connectivity index (χ2n) is 6.36. The van der Waals surface area contributed by atoms with E-state index < -0.39 is 0 Å². The Labute approximate surface area is 140 Å². The Morgan fingerprint density at radius 1 is 0.542 bits per heavy atom. The third-order valence-corrected chi connectivity index (χ3v) is 5.19. The summed E-state index contributed by atoms with van der Waals surface area (Å²) in [7, 11) is 0. The molecule has 2 aromatic carbocycles. The summed E-state index contributed by atoms with van der Waals surface area (Å²) in [4.78, 5) is 2.45. The van der Waals surface area contributed by atoms with Crippen molar-refractivity contribution in [1.82, 2.24) is 9.13 Å². The minimum absolute atomic E-state index is 0.210. The van der Waals surface area contributed by atoms with Crippen LogP contribution in [0.3, 0.4) is 0 Å². The van der Waals surface area contributed by atoms with Gasteiger partial charge in [0.05, 0.1) is 17.4 Å². The van der Waals surface area contributed by atoms with E-state index in [0.29, 0.717) is 0 Å². The predicted molar refractivity (Wildman–Crippen MR) is 95.5 cm³/mol. The molecule has 4 heterocycles. The van der Waals surface area contributed by atoms with Gasteiger partial charge in [-0.15, -0.1) is 0 Å². The number of fused-ring (bicyclic) bond motifs is 11. The maximum absolute atomic E-state index is 2.45. The number of hydrogen-bond donors (Lipinski definition) is 0. The van der Waals surface area contributed by atoms with Gasteiger partial charge in [0, 0.05) is 23.5 Å². The first kappa shape index (κ1) is 12.3. The third-order valence-electron chi connectivity index (χ3n) is 5.19. The van der Waals surface area contributed by atoms with Gasteiger partial charge in [-0.2, -0.15) is 0 Å². The van der Waals surface area contributed by atoms with E-state index in [2.05, 4.69) is 99.2 Å². The van der Waals surface area contributed by atoms with Gasteiger partial charge in [-0.05, 0) is 36.4 Å². The quantitative estimate of drug-likeness (QED) is 0.454. The lowest BCUT2D eigenvalue weighted by atomic mass is 9.91. The number of nitrogens with zero attached hydrogens (tertiary/aromatic N) is 3. The zero-order chi connectivity index (χ0) is 15.7. The van der Waals surface area contributed by atoms with E-state index >= 15 is 0 Å². The van der Waals surface area contributed by atoms with Gasteiger partial charge in [-0.1, -0.05) is 36.4 Å². The molecule has 0 N–H and O–H groups in total. The van der Waals surface area contributed by atoms with Crippen LogP contribution in [0.15, 0.2) is 85.2 Å². The molecule has 2 aliphatic rings. The summed E-state index contributed by atoms with van der Waals surface area (Å²) in [5, 5.41) is 0. The van der Waals surface area contributed by atoms with Crippen LogP contribution in [0.4, 0.5) is 11.6 Å². The van der Waals surface area contributed by atoms with E-state index in [1.807, 2.05) is 0 Å². The van der Waals surface area contributed by atoms with E-state index in [1.165, 1.54) is 34.1 Å². The second kappa shape index (κ2) is 4.20. The van der Waals surface area contributed by atoms with Gasteiger partial charge in [0.15, 0.2) is 0 Å². The molecular formula is C21H15N3. The minimum atomic E-state index is 0.210. The Hall–Kier alpha value is -3.20. The Kier molecular flexibility index (Phi) is 2.15. The summed E-state index contributed by atoms with van der Waals surface area (Å²) in [6.07, 6.45) is 4.30. The molecule has 0 saturated carbocycles. The van der Waals surface area contributed by atoms with Crippen LogP contribution < -0.4 is 4.90 Å². The third kappa shape index (κ3) is 1.33. The highest BCUT2D eigenvalue weighted by molar-refractivity contribution is 5.75. The van der Waals surface area contributed by atoms with E-state index in [4.69, 9.17) is 0 Å². The number of para-hydroxylation sites is 2. The van der Waals surface area contributed by atoms with Crippen LogP contribution >= 0.6 is 0 Å². The molecule has 0 fully saturated rings. The van der Waals surface area contributed by atoms with Crippen LogP contribution in [-0.4, -0.2) is 9.13 Å². The SMILES string of the molecule is c1ccc2c(c1)C1c3ccccc3-n3cccc3N1c1cccn1-2. The van der Waals surface area contributed by atoms with Crippen LogP contribution in [0.5, 0.6) is 0 Å². The topological polar surface area (TPSA) is 13.1 Å². The van der Waals surface area contributed by atoms with Crippen molar-refractivity contribution in [3.63, 3.8) is 0 Å². The summed E-state index contributed by atoms with van der Waals surface area (Å²) >= 11 is 0. The predicted octanol–water partition coefficient (Wildman–Crippen LogP) is 4.82. The number of anilines is 2. The molecule has 2 aromatic heterocycles. The number of aromatic nitrogens is 2. The fraction of sp³-hybridized carbons (Fsp3) is 0.0476. The maximum atomic E-state index is 2.45. The molecule has 4 aromatic rings. The maximum Gasteiger partial charge on any atom is 0.119 e. The summed E-state index contributed by atoms with van der Waals surface area (Å²) in [5.41, 5.74) is 5.24. The molecule has 0 aliphatic carbocycles. The van der Waals surface area contributed by atoms with Crippen LogP contribution in [0.2, 0.25) is 0 Å². The molecule has 0 bridgehead atoms. The fourth-order valence-corrected chi connectivity index (χ4v) is 4.25. The lowest BCUT2D eigenvalue weighted by Crippen LogP contribution is -2.36. The van der Waals surface area contributed by atoms with Crippen LogP contribution in [0.25, 0.3) is 11.4 Å². The minimum Gasteiger partial charge on any atom is -0.303 e. The number of hydrogen-bond acceptors (Lipinski definition) is 1. The molecule has 0 radical (unpaired) electrons. The highest BCUT2D eigenvalue weighted by Crippen LogP contribution is 2.50. The highest BCUT2D eigenvalue weighted by atomic mass is 15.4. The van der Waals surface area contributed by atoms with Gasteiger partial charge in [0.1, 0.15) is 11.6 Å². The van der Waals surface area contributed by atoms with E-state index in [9.17, 15) is 0 Å². The number of benzene rings is 2. The standard InChI is InChI=1S/C21H15N3/c1-3-9-17-15(7-1)21-16-8-2-4-10-18(16)23-14-6-12-20(23)24(21)19-11-5-13-22(17)19/h1-14,21H. The Morgan fingerprint density at radius 2 is 1.04 bits per heavy atom. The van der Waals surface area contributed by atoms with Gasteiger partial charge in [0.2, 0.25) is 0 Å². The van der Waals surface area contributed by atoms with Crippen molar-refractivity contribution < 1.29 is 0 Å². The molecular weight excluding hydrogens is 294 g/mol. The zero-order valence-corrected chi connectivity index (χ0v) is 13.0. The molecule has 0 amide bonds. The molecule has 3 nitrogen and oxygen atoms in total. The van der Waals surface area contributed by atoms with Crippen molar-refractivity contribution in [3.8, 4) is 11.4 Å². The van der Waals surface area contributed by atoms with E-state index in [-0.39, 0.29) is 6.04 Å².